The van der Waals surface area contributed by atoms with E-state index < -0.39 is 21.7 Å². The van der Waals surface area contributed by atoms with E-state index in [9.17, 15) is 21.6 Å². The topological polar surface area (TPSA) is 123 Å². The molecule has 0 amide bonds. The summed E-state index contributed by atoms with van der Waals surface area (Å²) in [6.45, 7) is 0.122. The molecule has 0 unspecified atom stereocenters. The molecule has 0 spiro atoms. The third-order valence-electron chi connectivity index (χ3n) is 5.85. The van der Waals surface area contributed by atoms with Gasteiger partial charge in [0.1, 0.15) is 16.7 Å². The van der Waals surface area contributed by atoms with E-state index >= 15 is 0 Å². The van der Waals surface area contributed by atoms with Crippen molar-refractivity contribution in [3.8, 4) is 11.8 Å². The molecule has 0 radical (unpaired) electrons. The number of pyridine rings is 1. The maximum absolute atomic E-state index is 13.7. The number of sulfonamides is 1. The van der Waals surface area contributed by atoms with Crippen LogP contribution in [0.2, 0.25) is 0 Å². The van der Waals surface area contributed by atoms with Crippen molar-refractivity contribution in [2.75, 3.05) is 10.6 Å². The van der Waals surface area contributed by atoms with Crippen molar-refractivity contribution in [1.82, 2.24) is 15.0 Å². The Bertz CT molecular complexity index is 1470. The molecular formula is C23H21F3N6O2S. The fourth-order valence-corrected chi connectivity index (χ4v) is 4.08. The predicted molar refractivity (Wildman–Crippen MR) is 124 cm³/mol. The van der Waals surface area contributed by atoms with Crippen LogP contribution < -0.4 is 15.8 Å². The first-order chi connectivity index (χ1) is 16.5. The number of primary sulfonamides is 1. The number of fused-ring (bicyclic) bond motifs is 1. The van der Waals surface area contributed by atoms with Crippen molar-refractivity contribution >= 4 is 32.8 Å². The van der Waals surface area contributed by atoms with Crippen molar-refractivity contribution in [3.63, 3.8) is 0 Å². The van der Waals surface area contributed by atoms with E-state index in [0.717, 1.165) is 12.8 Å². The zero-order valence-electron chi connectivity index (χ0n) is 18.4. The lowest BCUT2D eigenvalue weighted by molar-refractivity contribution is -0.151. The van der Waals surface area contributed by atoms with Crippen LogP contribution in [0.4, 0.5) is 24.9 Å². The Morgan fingerprint density at radius 3 is 2.54 bits per heavy atom. The quantitative estimate of drug-likeness (QED) is 0.441. The van der Waals surface area contributed by atoms with Crippen molar-refractivity contribution in [1.29, 1.82) is 0 Å². The first-order valence-corrected chi connectivity index (χ1v) is 12.5. The van der Waals surface area contributed by atoms with Crippen molar-refractivity contribution < 1.29 is 21.6 Å². The molecule has 0 aliphatic heterocycles. The number of benzene rings is 1. The summed E-state index contributed by atoms with van der Waals surface area (Å²) in [7, 11) is -3.88. The van der Waals surface area contributed by atoms with E-state index in [1.165, 1.54) is 12.1 Å². The Hall–Kier alpha value is -3.43. The van der Waals surface area contributed by atoms with Gasteiger partial charge >= 0.3 is 6.18 Å². The molecule has 35 heavy (non-hydrogen) atoms. The number of halogens is 3. The molecule has 5 rings (SSSR count). The van der Waals surface area contributed by atoms with E-state index in [2.05, 4.69) is 37.4 Å². The molecule has 0 bridgehead atoms. The number of anilines is 2. The predicted octanol–water partition coefficient (Wildman–Crippen LogP) is 3.55. The first-order valence-electron chi connectivity index (χ1n) is 10.9. The van der Waals surface area contributed by atoms with Gasteiger partial charge in [0, 0.05) is 12.5 Å². The van der Waals surface area contributed by atoms with Crippen LogP contribution in [0.1, 0.15) is 36.9 Å². The summed E-state index contributed by atoms with van der Waals surface area (Å²) < 4.78 is 64.2. The fraction of sp³-hybridized carbons (Fsp3) is 0.348. The number of rotatable bonds is 6. The normalized spacial score (nSPS) is 16.9. The average Bonchev–Trinajstić information content (AvgIpc) is 3.71. The Morgan fingerprint density at radius 1 is 1.11 bits per heavy atom. The van der Waals surface area contributed by atoms with Crippen LogP contribution in [0.5, 0.6) is 0 Å². The number of nitrogens with zero attached hydrogens (tertiary/aromatic N) is 3. The van der Waals surface area contributed by atoms with E-state index in [-0.39, 0.29) is 41.6 Å². The van der Waals surface area contributed by atoms with Gasteiger partial charge < -0.3 is 10.6 Å². The highest BCUT2D eigenvalue weighted by molar-refractivity contribution is 7.89. The molecule has 0 saturated heterocycles. The van der Waals surface area contributed by atoms with Gasteiger partial charge in [-0.25, -0.2) is 23.5 Å². The van der Waals surface area contributed by atoms with Crippen LogP contribution in [0.3, 0.4) is 0 Å². The maximum atomic E-state index is 13.7. The number of hydrogen-bond donors (Lipinski definition) is 3. The van der Waals surface area contributed by atoms with Crippen molar-refractivity contribution in [2.45, 2.75) is 48.8 Å². The van der Waals surface area contributed by atoms with Crippen LogP contribution in [0.25, 0.3) is 11.0 Å². The number of nitrogens with one attached hydrogen (secondary N) is 2. The highest BCUT2D eigenvalue weighted by atomic mass is 32.2. The number of alkyl halides is 3. The van der Waals surface area contributed by atoms with Gasteiger partial charge in [0.2, 0.25) is 16.0 Å². The molecule has 8 nitrogen and oxygen atoms in total. The van der Waals surface area contributed by atoms with Gasteiger partial charge in [0.25, 0.3) is 0 Å². The lowest BCUT2D eigenvalue weighted by Gasteiger charge is -2.22. The standard InChI is InChI=1S/C23H21F3N6O2S/c24-23(25,26)22(10-11-22)32-20-19-18(9-8-16(29-19)7-6-14-4-5-14)30-21(31-20)28-13-15-2-1-3-17(12-15)35(27,33)34/h1-3,8-9,12,14H,4-5,10-11,13H2,(H2,27,33,34)(H2,28,30,31,32). The fourth-order valence-electron chi connectivity index (χ4n) is 3.50. The summed E-state index contributed by atoms with van der Waals surface area (Å²) in [5, 5.41) is 10.7. The summed E-state index contributed by atoms with van der Waals surface area (Å²) in [5.74, 6) is 6.43. The number of aromatic nitrogens is 3. The lowest BCUT2D eigenvalue weighted by atomic mass is 10.2. The minimum Gasteiger partial charge on any atom is -0.354 e. The van der Waals surface area contributed by atoms with Gasteiger partial charge in [0.15, 0.2) is 5.82 Å². The number of hydrogen-bond acceptors (Lipinski definition) is 7. The highest BCUT2D eigenvalue weighted by Crippen LogP contribution is 2.51. The van der Waals surface area contributed by atoms with Gasteiger partial charge in [-0.3, -0.25) is 0 Å². The summed E-state index contributed by atoms with van der Waals surface area (Å²) >= 11 is 0. The largest absolute Gasteiger partial charge is 0.411 e. The Kier molecular flexibility index (Phi) is 5.56. The van der Waals surface area contributed by atoms with E-state index in [1.54, 1.807) is 24.3 Å². The van der Waals surface area contributed by atoms with Crippen LogP contribution in [0.15, 0.2) is 41.3 Å². The monoisotopic (exact) mass is 502 g/mol. The summed E-state index contributed by atoms with van der Waals surface area (Å²) in [5.41, 5.74) is -0.490. The van der Waals surface area contributed by atoms with Crippen molar-refractivity contribution in [3.05, 3.63) is 47.7 Å². The Balaban J connectivity index is 1.48. The molecule has 2 saturated carbocycles. The van der Waals surface area contributed by atoms with Gasteiger partial charge in [-0.05, 0) is 61.4 Å². The second kappa shape index (κ2) is 8.35. The van der Waals surface area contributed by atoms with Gasteiger partial charge in [-0.15, -0.1) is 0 Å². The maximum Gasteiger partial charge on any atom is 0.411 e. The van der Waals surface area contributed by atoms with E-state index in [0.29, 0.717) is 22.7 Å². The van der Waals surface area contributed by atoms with Gasteiger partial charge in [-0.2, -0.15) is 18.2 Å². The third-order valence-corrected chi connectivity index (χ3v) is 6.76. The smallest absolute Gasteiger partial charge is 0.354 e. The minimum absolute atomic E-state index is 0.0410. The molecule has 182 valence electrons. The van der Waals surface area contributed by atoms with Crippen molar-refractivity contribution in [2.24, 2.45) is 11.1 Å². The Morgan fingerprint density at radius 2 is 1.89 bits per heavy atom. The summed E-state index contributed by atoms with van der Waals surface area (Å²) in [6.07, 6.45) is -2.49. The van der Waals surface area contributed by atoms with E-state index in [1.807, 2.05) is 0 Å². The Labute approximate surface area is 199 Å². The summed E-state index contributed by atoms with van der Waals surface area (Å²) in [4.78, 5) is 13.1. The van der Waals surface area contributed by atoms with Crippen LogP contribution in [-0.2, 0) is 16.6 Å². The highest BCUT2D eigenvalue weighted by Gasteiger charge is 2.64. The zero-order chi connectivity index (χ0) is 24.8. The molecule has 2 fully saturated rings. The molecule has 3 aromatic rings. The minimum atomic E-state index is -4.45. The SMILES string of the molecule is NS(=O)(=O)c1cccc(CNc2nc(NC3(C(F)(F)F)CC3)c3nc(C#CC4CC4)ccc3n2)c1. The van der Waals surface area contributed by atoms with Gasteiger partial charge in [0.05, 0.1) is 10.4 Å². The van der Waals surface area contributed by atoms with Crippen LogP contribution in [0, 0.1) is 17.8 Å². The summed E-state index contributed by atoms with van der Waals surface area (Å²) in [6, 6.07) is 9.31. The lowest BCUT2D eigenvalue weighted by Crippen LogP contribution is -2.39. The molecule has 4 N–H and O–H groups in total. The third kappa shape index (κ3) is 5.16. The van der Waals surface area contributed by atoms with Gasteiger partial charge in [-0.1, -0.05) is 18.1 Å². The zero-order valence-corrected chi connectivity index (χ0v) is 19.2. The van der Waals surface area contributed by atoms with Crippen LogP contribution >= 0.6 is 0 Å². The van der Waals surface area contributed by atoms with E-state index in [4.69, 9.17) is 5.14 Å². The second-order valence-corrected chi connectivity index (χ2v) is 10.3. The molecule has 2 aliphatic carbocycles. The molecule has 1 aromatic carbocycles. The molecular weight excluding hydrogens is 481 g/mol. The molecule has 2 heterocycles. The molecule has 0 atom stereocenters. The molecule has 2 aromatic heterocycles. The number of nitrogens with two attached hydrogens (primary N) is 1. The van der Waals surface area contributed by atoms with Crippen LogP contribution in [-0.4, -0.2) is 35.1 Å². The molecule has 2 aliphatic rings. The molecule has 12 heteroatoms. The average molecular weight is 503 g/mol. The first kappa shape index (κ1) is 23.3. The second-order valence-electron chi connectivity index (χ2n) is 8.75.